The van der Waals surface area contributed by atoms with E-state index in [1.165, 1.54) is 18.1 Å². The minimum Gasteiger partial charge on any atom is -0.340 e. The maximum Gasteiger partial charge on any atom is 0.235 e. The number of carbonyl (C=O) groups excluding carboxylic acids is 1. The van der Waals surface area contributed by atoms with Crippen LogP contribution < -0.4 is 5.32 Å². The van der Waals surface area contributed by atoms with Crippen molar-refractivity contribution in [1.29, 1.82) is 0 Å². The predicted octanol–water partition coefficient (Wildman–Crippen LogP) is 3.28. The van der Waals surface area contributed by atoms with E-state index in [0.717, 1.165) is 16.8 Å². The Morgan fingerprint density at radius 1 is 1.25 bits per heavy atom. The molecular formula is C18H14ClN7OS. The van der Waals surface area contributed by atoms with Gasteiger partial charge >= 0.3 is 0 Å². The third-order valence-electron chi connectivity index (χ3n) is 4.60. The lowest BCUT2D eigenvalue weighted by Gasteiger charge is -2.16. The molecule has 0 saturated heterocycles. The van der Waals surface area contributed by atoms with Crippen LogP contribution in [0.15, 0.2) is 36.9 Å². The number of H-pyrrole nitrogens is 1. The number of amides is 1. The van der Waals surface area contributed by atoms with Crippen molar-refractivity contribution in [2.75, 3.05) is 11.1 Å². The van der Waals surface area contributed by atoms with Crippen LogP contribution in [0.2, 0.25) is 5.02 Å². The van der Waals surface area contributed by atoms with Crippen molar-refractivity contribution < 1.29 is 4.79 Å². The highest BCUT2D eigenvalue weighted by atomic mass is 35.5. The second-order valence-electron chi connectivity index (χ2n) is 6.32. The fourth-order valence-electron chi connectivity index (χ4n) is 3.38. The summed E-state index contributed by atoms with van der Waals surface area (Å²) >= 11 is 8.00. The van der Waals surface area contributed by atoms with E-state index >= 15 is 0 Å². The molecule has 1 atom stereocenters. The van der Waals surface area contributed by atoms with Gasteiger partial charge in [-0.2, -0.15) is 9.78 Å². The highest BCUT2D eigenvalue weighted by Crippen LogP contribution is 2.45. The van der Waals surface area contributed by atoms with E-state index in [9.17, 15) is 4.79 Å². The average molecular weight is 412 g/mol. The monoisotopic (exact) mass is 411 g/mol. The third-order valence-corrected chi connectivity index (χ3v) is 6.20. The number of thioether (sulfide) groups is 1. The van der Waals surface area contributed by atoms with Gasteiger partial charge in [0, 0.05) is 10.6 Å². The Hall–Kier alpha value is -2.91. The maximum absolute atomic E-state index is 12.5. The van der Waals surface area contributed by atoms with Crippen LogP contribution in [-0.2, 0) is 4.79 Å². The van der Waals surface area contributed by atoms with Crippen LogP contribution in [0.3, 0.4) is 0 Å². The Balaban J connectivity index is 1.76. The van der Waals surface area contributed by atoms with Gasteiger partial charge in [0.2, 0.25) is 5.91 Å². The topological polar surface area (TPSA) is 101 Å². The molecule has 0 saturated carbocycles. The molecule has 3 aromatic heterocycles. The lowest BCUT2D eigenvalue weighted by atomic mass is 10.0. The zero-order valence-corrected chi connectivity index (χ0v) is 16.3. The van der Waals surface area contributed by atoms with Gasteiger partial charge in [-0.1, -0.05) is 29.8 Å². The van der Waals surface area contributed by atoms with Crippen molar-refractivity contribution in [2.45, 2.75) is 12.2 Å². The molecule has 0 aliphatic carbocycles. The number of aryl methyl sites for hydroxylation is 1. The van der Waals surface area contributed by atoms with Crippen LogP contribution in [-0.4, -0.2) is 41.4 Å². The van der Waals surface area contributed by atoms with Crippen molar-refractivity contribution in [1.82, 2.24) is 29.7 Å². The zero-order valence-electron chi connectivity index (χ0n) is 14.7. The zero-order chi connectivity index (χ0) is 19.3. The summed E-state index contributed by atoms with van der Waals surface area (Å²) in [5.74, 6) is 1.33. The fourth-order valence-corrected chi connectivity index (χ4v) is 4.92. The summed E-state index contributed by atoms with van der Waals surface area (Å²) in [7, 11) is 0. The number of aromatic amines is 1. The van der Waals surface area contributed by atoms with E-state index < -0.39 is 0 Å². The molecule has 0 bridgehead atoms. The van der Waals surface area contributed by atoms with E-state index in [-0.39, 0.29) is 11.2 Å². The largest absolute Gasteiger partial charge is 0.340 e. The fraction of sp³-hybridized carbons (Fsp3) is 0.167. The first kappa shape index (κ1) is 17.2. The molecule has 1 amide bonds. The molecule has 0 unspecified atom stereocenters. The van der Waals surface area contributed by atoms with Gasteiger partial charge < -0.3 is 10.3 Å². The lowest BCUT2D eigenvalue weighted by molar-refractivity contribution is -0.113. The first-order valence-corrected chi connectivity index (χ1v) is 9.96. The van der Waals surface area contributed by atoms with E-state index in [2.05, 4.69) is 30.4 Å². The van der Waals surface area contributed by atoms with Gasteiger partial charge in [0.1, 0.15) is 17.7 Å². The van der Waals surface area contributed by atoms with Crippen LogP contribution in [0, 0.1) is 6.92 Å². The molecule has 0 spiro atoms. The Kier molecular flexibility index (Phi) is 4.06. The molecule has 1 aliphatic rings. The van der Waals surface area contributed by atoms with Gasteiger partial charge in [0.15, 0.2) is 11.5 Å². The number of nitrogens with zero attached hydrogens (tertiary/aromatic N) is 5. The van der Waals surface area contributed by atoms with Crippen LogP contribution in [0.25, 0.3) is 17.0 Å². The molecule has 4 heterocycles. The van der Waals surface area contributed by atoms with Crippen molar-refractivity contribution in [3.8, 4) is 5.82 Å². The first-order valence-electron chi connectivity index (χ1n) is 8.53. The summed E-state index contributed by atoms with van der Waals surface area (Å²) in [4.78, 5) is 28.2. The molecular weight excluding hydrogens is 398 g/mol. The summed E-state index contributed by atoms with van der Waals surface area (Å²) in [5, 5.41) is 8.20. The molecule has 5 rings (SSSR count). The quantitative estimate of drug-likeness (QED) is 0.525. The molecule has 0 fully saturated rings. The molecule has 1 aromatic carbocycles. The summed E-state index contributed by atoms with van der Waals surface area (Å²) in [6.07, 6.45) is 2.99. The number of carbonyl (C=O) groups is 1. The Morgan fingerprint density at radius 3 is 2.96 bits per heavy atom. The van der Waals surface area contributed by atoms with Crippen LogP contribution in [0.1, 0.15) is 22.1 Å². The number of rotatable bonds is 2. The Morgan fingerprint density at radius 2 is 2.11 bits per heavy atom. The summed E-state index contributed by atoms with van der Waals surface area (Å²) in [5.41, 5.74) is 3.83. The lowest BCUT2D eigenvalue weighted by Crippen LogP contribution is -2.16. The first-order chi connectivity index (χ1) is 13.6. The number of anilines is 1. The van der Waals surface area contributed by atoms with Gasteiger partial charge in [-0.3, -0.25) is 4.79 Å². The number of halogens is 1. The van der Waals surface area contributed by atoms with E-state index in [1.54, 1.807) is 11.0 Å². The summed E-state index contributed by atoms with van der Waals surface area (Å²) < 4.78 is 1.64. The maximum atomic E-state index is 12.5. The van der Waals surface area contributed by atoms with Gasteiger partial charge in [-0.25, -0.2) is 15.0 Å². The molecule has 0 radical (unpaired) electrons. The number of fused-ring (bicyclic) bond motifs is 2. The van der Waals surface area contributed by atoms with Gasteiger partial charge in [0.25, 0.3) is 0 Å². The standard InChI is InChI=1S/C18H14ClN7OS/c1-9-13-15(10-4-2-3-5-11(10)19)28-6-12(27)24-17(13)26(25-9)18-14-16(21-7-20-14)22-8-23-18/h2-5,7-8,15H,6H2,1H3,(H,24,27)(H,20,21,22,23)/t15-/m0/s1. The number of aromatic nitrogens is 6. The molecule has 28 heavy (non-hydrogen) atoms. The number of hydrogen-bond donors (Lipinski definition) is 2. The third kappa shape index (κ3) is 2.66. The molecule has 10 heteroatoms. The normalized spacial score (nSPS) is 16.6. The van der Waals surface area contributed by atoms with Crippen LogP contribution in [0.4, 0.5) is 5.82 Å². The van der Waals surface area contributed by atoms with Gasteiger partial charge in [-0.15, -0.1) is 11.8 Å². The SMILES string of the molecule is Cc1nn(-c2ncnc3nc[nH]c23)c2c1[C@H](c1ccccc1Cl)SCC(=O)N2. The number of nitrogens with one attached hydrogen (secondary N) is 2. The van der Waals surface area contributed by atoms with Crippen molar-refractivity contribution in [3.05, 3.63) is 58.8 Å². The molecule has 140 valence electrons. The second-order valence-corrected chi connectivity index (χ2v) is 7.82. The molecule has 4 aromatic rings. The van der Waals surface area contributed by atoms with E-state index in [4.69, 9.17) is 11.6 Å². The summed E-state index contributed by atoms with van der Waals surface area (Å²) in [6.45, 7) is 1.92. The average Bonchev–Trinajstić information content (AvgIpc) is 3.24. The second kappa shape index (κ2) is 6.61. The molecule has 1 aliphatic heterocycles. The Labute approximate surface area is 168 Å². The van der Waals surface area contributed by atoms with Crippen LogP contribution in [0.5, 0.6) is 0 Å². The number of benzene rings is 1. The smallest absolute Gasteiger partial charge is 0.235 e. The van der Waals surface area contributed by atoms with Gasteiger partial charge in [-0.05, 0) is 18.6 Å². The highest BCUT2D eigenvalue weighted by Gasteiger charge is 2.32. The number of hydrogen-bond acceptors (Lipinski definition) is 6. The predicted molar refractivity (Wildman–Crippen MR) is 108 cm³/mol. The Bertz CT molecular complexity index is 1220. The summed E-state index contributed by atoms with van der Waals surface area (Å²) in [6, 6.07) is 7.67. The molecule has 2 N–H and O–H groups in total. The van der Waals surface area contributed by atoms with E-state index in [0.29, 0.717) is 33.6 Å². The van der Waals surface area contributed by atoms with Crippen molar-refractivity contribution in [3.63, 3.8) is 0 Å². The van der Waals surface area contributed by atoms with Crippen molar-refractivity contribution >= 4 is 46.3 Å². The number of imidazole rings is 1. The minimum atomic E-state index is -0.129. The highest BCUT2D eigenvalue weighted by molar-refractivity contribution is 8.00. The van der Waals surface area contributed by atoms with Crippen molar-refractivity contribution in [2.24, 2.45) is 0 Å². The van der Waals surface area contributed by atoms with E-state index in [1.807, 2.05) is 31.2 Å². The minimum absolute atomic E-state index is 0.100. The van der Waals surface area contributed by atoms with Crippen LogP contribution >= 0.6 is 23.4 Å². The van der Waals surface area contributed by atoms with Gasteiger partial charge in [0.05, 0.1) is 23.0 Å². The molecule has 8 nitrogen and oxygen atoms in total.